The van der Waals surface area contributed by atoms with E-state index in [4.69, 9.17) is 5.73 Å². The second kappa shape index (κ2) is 6.81. The molecule has 0 spiro atoms. The van der Waals surface area contributed by atoms with Crippen LogP contribution in [0.25, 0.3) is 5.82 Å². The van der Waals surface area contributed by atoms with E-state index >= 15 is 0 Å². The lowest BCUT2D eigenvalue weighted by molar-refractivity contribution is -0.119. The summed E-state index contributed by atoms with van der Waals surface area (Å²) >= 11 is 0. The van der Waals surface area contributed by atoms with Gasteiger partial charge in [0.25, 0.3) is 0 Å². The highest BCUT2D eigenvalue weighted by atomic mass is 16.1. The smallest absolute Gasteiger partial charge is 0.228 e. The molecule has 0 aromatic carbocycles. The van der Waals surface area contributed by atoms with E-state index in [-0.39, 0.29) is 11.8 Å². The first-order valence-corrected chi connectivity index (χ1v) is 6.70. The fourth-order valence-electron chi connectivity index (χ4n) is 1.96. The summed E-state index contributed by atoms with van der Waals surface area (Å²) in [5, 5.41) is 2.84. The summed E-state index contributed by atoms with van der Waals surface area (Å²) in [6.07, 6.45) is 8.54. The number of imidazole rings is 1. The van der Waals surface area contributed by atoms with Crippen molar-refractivity contribution >= 4 is 11.6 Å². The molecule has 0 saturated carbocycles. The quantitative estimate of drug-likeness (QED) is 0.836. The van der Waals surface area contributed by atoms with Crippen molar-refractivity contribution in [3.63, 3.8) is 0 Å². The second-order valence-corrected chi connectivity index (χ2v) is 4.59. The molecule has 1 atom stereocenters. The number of aromatic nitrogens is 3. The van der Waals surface area contributed by atoms with Crippen LogP contribution in [-0.4, -0.2) is 27.0 Å². The van der Waals surface area contributed by atoms with Crippen molar-refractivity contribution in [1.82, 2.24) is 14.5 Å². The summed E-state index contributed by atoms with van der Waals surface area (Å²) in [4.78, 5) is 20.3. The first-order chi connectivity index (χ1) is 9.74. The summed E-state index contributed by atoms with van der Waals surface area (Å²) < 4.78 is 1.80. The Morgan fingerprint density at radius 3 is 2.90 bits per heavy atom. The molecule has 2 rings (SSSR count). The number of amides is 1. The summed E-state index contributed by atoms with van der Waals surface area (Å²) in [5.41, 5.74) is 6.29. The first-order valence-electron chi connectivity index (χ1n) is 6.70. The highest BCUT2D eigenvalue weighted by molar-refractivity contribution is 5.92. The Morgan fingerprint density at radius 2 is 2.35 bits per heavy atom. The fourth-order valence-corrected chi connectivity index (χ4v) is 1.96. The van der Waals surface area contributed by atoms with E-state index in [0.717, 1.165) is 18.7 Å². The minimum absolute atomic E-state index is 0.0495. The van der Waals surface area contributed by atoms with E-state index in [2.05, 4.69) is 15.3 Å². The van der Waals surface area contributed by atoms with E-state index in [9.17, 15) is 4.79 Å². The van der Waals surface area contributed by atoms with Crippen molar-refractivity contribution in [2.45, 2.75) is 19.8 Å². The maximum absolute atomic E-state index is 12.0. The minimum Gasteiger partial charge on any atom is -0.330 e. The summed E-state index contributed by atoms with van der Waals surface area (Å²) in [7, 11) is 0. The third-order valence-electron chi connectivity index (χ3n) is 3.08. The topological polar surface area (TPSA) is 85.8 Å². The molecule has 0 saturated heterocycles. The lowest BCUT2D eigenvalue weighted by atomic mass is 10.0. The van der Waals surface area contributed by atoms with Crippen LogP contribution in [0.4, 0.5) is 5.69 Å². The number of nitrogens with one attached hydrogen (secondary N) is 1. The number of nitrogens with zero attached hydrogens (tertiary/aromatic N) is 3. The van der Waals surface area contributed by atoms with Gasteiger partial charge in [-0.1, -0.05) is 13.3 Å². The Labute approximate surface area is 118 Å². The van der Waals surface area contributed by atoms with Gasteiger partial charge < -0.3 is 11.1 Å². The molecule has 0 aliphatic rings. The van der Waals surface area contributed by atoms with E-state index < -0.39 is 0 Å². The van der Waals surface area contributed by atoms with Crippen LogP contribution < -0.4 is 11.1 Å². The van der Waals surface area contributed by atoms with Crippen LogP contribution in [0.15, 0.2) is 37.1 Å². The highest BCUT2D eigenvalue weighted by Crippen LogP contribution is 2.12. The fraction of sp³-hybridized carbons (Fsp3) is 0.357. The van der Waals surface area contributed by atoms with Crippen LogP contribution in [0, 0.1) is 5.92 Å². The molecule has 1 unspecified atom stereocenters. The van der Waals surface area contributed by atoms with Gasteiger partial charge in [-0.15, -0.1) is 0 Å². The molecular weight excluding hydrogens is 254 g/mol. The monoisotopic (exact) mass is 273 g/mol. The molecule has 0 aliphatic heterocycles. The molecule has 3 N–H and O–H groups in total. The zero-order valence-electron chi connectivity index (χ0n) is 11.5. The van der Waals surface area contributed by atoms with Gasteiger partial charge in [0.05, 0.1) is 17.8 Å². The number of nitrogens with two attached hydrogens (primary N) is 1. The first kappa shape index (κ1) is 14.2. The lowest BCUT2D eigenvalue weighted by Gasteiger charge is -2.13. The number of anilines is 1. The average molecular weight is 273 g/mol. The third kappa shape index (κ3) is 3.42. The van der Waals surface area contributed by atoms with Gasteiger partial charge in [-0.25, -0.2) is 9.97 Å². The van der Waals surface area contributed by atoms with Crippen molar-refractivity contribution in [3.8, 4) is 5.82 Å². The highest BCUT2D eigenvalue weighted by Gasteiger charge is 2.15. The zero-order chi connectivity index (χ0) is 14.4. The Balaban J connectivity index is 2.02. The largest absolute Gasteiger partial charge is 0.330 e. The van der Waals surface area contributed by atoms with E-state index in [1.165, 1.54) is 0 Å². The number of hydrogen-bond donors (Lipinski definition) is 2. The molecule has 2 aromatic heterocycles. The Hall–Kier alpha value is -2.21. The van der Waals surface area contributed by atoms with Crippen molar-refractivity contribution in [1.29, 1.82) is 0 Å². The van der Waals surface area contributed by atoms with Crippen molar-refractivity contribution in [2.75, 3.05) is 11.9 Å². The molecule has 0 fully saturated rings. The maximum Gasteiger partial charge on any atom is 0.228 e. The van der Waals surface area contributed by atoms with Gasteiger partial charge in [0.2, 0.25) is 5.91 Å². The molecule has 2 aromatic rings. The van der Waals surface area contributed by atoms with Gasteiger partial charge in [-0.05, 0) is 18.6 Å². The van der Waals surface area contributed by atoms with Gasteiger partial charge in [-0.3, -0.25) is 9.36 Å². The number of carbonyl (C=O) groups excluding carboxylic acids is 1. The average Bonchev–Trinajstić information content (AvgIpc) is 2.99. The van der Waals surface area contributed by atoms with Gasteiger partial charge in [0.15, 0.2) is 0 Å². The van der Waals surface area contributed by atoms with E-state index in [1.807, 2.05) is 25.3 Å². The molecule has 106 valence electrons. The van der Waals surface area contributed by atoms with E-state index in [1.54, 1.807) is 23.3 Å². The second-order valence-electron chi connectivity index (χ2n) is 4.59. The molecule has 0 bridgehead atoms. The van der Waals surface area contributed by atoms with Crippen molar-refractivity contribution in [3.05, 3.63) is 37.1 Å². The van der Waals surface area contributed by atoms with Gasteiger partial charge in [0, 0.05) is 18.9 Å². The predicted molar refractivity (Wildman–Crippen MR) is 77.4 cm³/mol. The van der Waals surface area contributed by atoms with Crippen molar-refractivity contribution < 1.29 is 4.79 Å². The molecule has 2 heterocycles. The van der Waals surface area contributed by atoms with Gasteiger partial charge in [0.1, 0.15) is 12.1 Å². The Morgan fingerprint density at radius 1 is 1.50 bits per heavy atom. The van der Waals surface area contributed by atoms with Gasteiger partial charge >= 0.3 is 0 Å². The van der Waals surface area contributed by atoms with Crippen LogP contribution in [0.1, 0.15) is 19.8 Å². The van der Waals surface area contributed by atoms with Crippen LogP contribution in [0.5, 0.6) is 0 Å². The number of rotatable bonds is 6. The normalized spacial score (nSPS) is 12.1. The molecule has 0 radical (unpaired) electrons. The molecular formula is C14H19N5O. The maximum atomic E-state index is 12.0. The minimum atomic E-state index is -0.145. The van der Waals surface area contributed by atoms with Crippen LogP contribution in [0.3, 0.4) is 0 Å². The Bertz CT molecular complexity index is 535. The number of carbonyl (C=O) groups is 1. The third-order valence-corrected chi connectivity index (χ3v) is 3.08. The Kier molecular flexibility index (Phi) is 4.84. The van der Waals surface area contributed by atoms with Crippen LogP contribution in [-0.2, 0) is 4.79 Å². The molecule has 0 aliphatic carbocycles. The summed E-state index contributed by atoms with van der Waals surface area (Å²) in [6, 6.07) is 3.65. The molecule has 1 amide bonds. The molecule has 20 heavy (non-hydrogen) atoms. The summed E-state index contributed by atoms with van der Waals surface area (Å²) in [5.74, 6) is 0.560. The standard InChI is InChI=1S/C14H19N5O/c1-2-3-11(8-15)14(20)18-12-4-5-13(17-9-12)19-7-6-16-10-19/h4-7,9-11H,2-3,8,15H2,1H3,(H,18,20). The van der Waals surface area contributed by atoms with Crippen LogP contribution >= 0.6 is 0 Å². The number of pyridine rings is 1. The SMILES string of the molecule is CCCC(CN)C(=O)Nc1ccc(-n2ccnc2)nc1. The van der Waals surface area contributed by atoms with Crippen molar-refractivity contribution in [2.24, 2.45) is 11.7 Å². The van der Waals surface area contributed by atoms with E-state index in [0.29, 0.717) is 12.2 Å². The van der Waals surface area contributed by atoms with Gasteiger partial charge in [-0.2, -0.15) is 0 Å². The lowest BCUT2D eigenvalue weighted by Crippen LogP contribution is -2.29. The number of hydrogen-bond acceptors (Lipinski definition) is 4. The predicted octanol–water partition coefficient (Wildman–Crippen LogP) is 1.58. The zero-order valence-corrected chi connectivity index (χ0v) is 11.5. The molecule has 6 heteroatoms. The van der Waals surface area contributed by atoms with Crippen LogP contribution in [0.2, 0.25) is 0 Å². The summed E-state index contributed by atoms with van der Waals surface area (Å²) in [6.45, 7) is 2.40. The molecule has 6 nitrogen and oxygen atoms in total.